The molecule has 0 spiro atoms. The van der Waals surface area contributed by atoms with Gasteiger partial charge in [-0.2, -0.15) is 4.37 Å². The maximum atomic E-state index is 12.1. The van der Waals surface area contributed by atoms with Gasteiger partial charge in [-0.1, -0.05) is 0 Å². The Bertz CT molecular complexity index is 843. The van der Waals surface area contributed by atoms with Crippen LogP contribution in [-0.4, -0.2) is 69.7 Å². The normalized spacial score (nSPS) is 19.1. The van der Waals surface area contributed by atoms with Crippen molar-refractivity contribution >= 4 is 34.2 Å². The van der Waals surface area contributed by atoms with Gasteiger partial charge >= 0.3 is 6.03 Å². The minimum absolute atomic E-state index is 0.102. The summed E-state index contributed by atoms with van der Waals surface area (Å²) in [7, 11) is 3.39. The molecule has 10 nitrogen and oxygen atoms in total. The average Bonchev–Trinajstić information content (AvgIpc) is 3.12. The van der Waals surface area contributed by atoms with Gasteiger partial charge in [0.15, 0.2) is 5.82 Å². The van der Waals surface area contributed by atoms with E-state index < -0.39 is 0 Å². The first-order chi connectivity index (χ1) is 13.9. The second-order valence-electron chi connectivity index (χ2n) is 7.22. The first-order valence-electron chi connectivity index (χ1n) is 9.54. The van der Waals surface area contributed by atoms with Crippen molar-refractivity contribution in [2.75, 3.05) is 37.5 Å². The van der Waals surface area contributed by atoms with E-state index in [1.54, 1.807) is 20.3 Å². The molecule has 3 heterocycles. The molecule has 1 aliphatic rings. The van der Waals surface area contributed by atoms with Crippen LogP contribution in [0.2, 0.25) is 0 Å². The number of nitrogens with zero attached hydrogens (tertiary/aromatic N) is 5. The highest BCUT2D eigenvalue weighted by atomic mass is 32.1. The van der Waals surface area contributed by atoms with Gasteiger partial charge in [-0.05, 0) is 37.4 Å². The summed E-state index contributed by atoms with van der Waals surface area (Å²) in [6.07, 6.45) is 3.33. The third-order valence-corrected chi connectivity index (χ3v) is 5.67. The second-order valence-corrected chi connectivity index (χ2v) is 8.03. The highest BCUT2D eigenvalue weighted by molar-refractivity contribution is 7.10. The molecule has 2 aromatic rings. The maximum Gasteiger partial charge on any atom is 0.317 e. The summed E-state index contributed by atoms with van der Waals surface area (Å²) >= 11 is 1.34. The van der Waals surface area contributed by atoms with Crippen molar-refractivity contribution in [2.45, 2.75) is 38.4 Å². The number of aromatic nitrogens is 3. The molecule has 29 heavy (non-hydrogen) atoms. The van der Waals surface area contributed by atoms with Gasteiger partial charge in [0.25, 0.3) is 0 Å². The van der Waals surface area contributed by atoms with E-state index in [1.807, 2.05) is 17.9 Å². The van der Waals surface area contributed by atoms with E-state index in [1.165, 1.54) is 16.4 Å². The summed E-state index contributed by atoms with van der Waals surface area (Å²) in [6, 6.07) is 1.29. The fourth-order valence-electron chi connectivity index (χ4n) is 3.36. The Hall–Kier alpha value is -2.50. The monoisotopic (exact) mass is 420 g/mol. The minimum Gasteiger partial charge on any atom is -0.394 e. The molecule has 2 amide bonds. The Morgan fingerprint density at radius 2 is 2.28 bits per heavy atom. The zero-order valence-corrected chi connectivity index (χ0v) is 17.7. The maximum absolute atomic E-state index is 12.1. The van der Waals surface area contributed by atoms with E-state index in [0.29, 0.717) is 17.3 Å². The lowest BCUT2D eigenvalue weighted by atomic mass is 9.96. The molecule has 158 valence electrons. The number of rotatable bonds is 6. The highest BCUT2D eigenvalue weighted by Crippen LogP contribution is 2.27. The van der Waals surface area contributed by atoms with Crippen molar-refractivity contribution < 1.29 is 9.90 Å². The number of aryl methyl sites for hydroxylation is 1. The molecular formula is C18H28N8O2S. The molecule has 11 heteroatoms. The number of aliphatic hydroxyl groups excluding tert-OH is 1. The van der Waals surface area contributed by atoms with Crippen LogP contribution in [0.3, 0.4) is 0 Å². The molecule has 1 aliphatic heterocycles. The Labute approximate surface area is 174 Å². The minimum atomic E-state index is -0.288. The van der Waals surface area contributed by atoms with Crippen LogP contribution in [0.4, 0.5) is 21.4 Å². The van der Waals surface area contributed by atoms with E-state index in [-0.39, 0.29) is 31.3 Å². The van der Waals surface area contributed by atoms with Crippen molar-refractivity contribution in [3.63, 3.8) is 0 Å². The summed E-state index contributed by atoms with van der Waals surface area (Å²) in [5, 5.41) is 17.2. The van der Waals surface area contributed by atoms with Crippen LogP contribution in [0.5, 0.6) is 0 Å². The van der Waals surface area contributed by atoms with E-state index in [2.05, 4.69) is 20.0 Å². The van der Waals surface area contributed by atoms with Crippen molar-refractivity contribution in [3.8, 4) is 0 Å². The van der Waals surface area contributed by atoms with Gasteiger partial charge in [-0.3, -0.25) is 4.98 Å². The number of piperidine rings is 1. The number of aliphatic hydroxyl groups is 1. The summed E-state index contributed by atoms with van der Waals surface area (Å²) in [5.41, 5.74) is 7.41. The summed E-state index contributed by atoms with van der Waals surface area (Å²) in [5.74, 6) is 1.21. The van der Waals surface area contributed by atoms with Gasteiger partial charge in [0.05, 0.1) is 36.3 Å². The smallest absolute Gasteiger partial charge is 0.317 e. The standard InChI is InChI=1S/C18H28N8O2S/c1-11-7-16(29-24-11)23-17-13(8-19)20-9-15(22-17)26-6-4-5-12(14(26)10-27)21-18(28)25(2)3/h7,9,12,14,27H,4-6,8,10,19H2,1-3H3,(H,21,28)(H,22,23)/t12-,14-/m0/s1. The molecule has 0 saturated carbocycles. The fourth-order valence-corrected chi connectivity index (χ4v) is 4.02. The van der Waals surface area contributed by atoms with E-state index in [0.717, 1.165) is 30.1 Å². The molecule has 0 bridgehead atoms. The second kappa shape index (κ2) is 9.33. The molecule has 0 aromatic carbocycles. The average molecular weight is 421 g/mol. The van der Waals surface area contributed by atoms with Crippen molar-refractivity contribution in [1.82, 2.24) is 24.6 Å². The predicted molar refractivity (Wildman–Crippen MR) is 114 cm³/mol. The molecule has 1 saturated heterocycles. The number of anilines is 3. The van der Waals surface area contributed by atoms with Crippen molar-refractivity contribution in [2.24, 2.45) is 5.73 Å². The lowest BCUT2D eigenvalue weighted by Gasteiger charge is -2.41. The van der Waals surface area contributed by atoms with Crippen molar-refractivity contribution in [1.29, 1.82) is 0 Å². The zero-order chi connectivity index (χ0) is 21.0. The van der Waals surface area contributed by atoms with Gasteiger partial charge in [0.1, 0.15) is 10.8 Å². The van der Waals surface area contributed by atoms with E-state index in [4.69, 9.17) is 10.7 Å². The number of carbonyl (C=O) groups excluding carboxylic acids is 1. The van der Waals surface area contributed by atoms with Crippen LogP contribution in [0.25, 0.3) is 0 Å². The number of hydrogen-bond donors (Lipinski definition) is 4. The summed E-state index contributed by atoms with van der Waals surface area (Å²) in [4.78, 5) is 24.8. The Morgan fingerprint density at radius 3 is 2.90 bits per heavy atom. The lowest BCUT2D eigenvalue weighted by Crippen LogP contribution is -2.58. The largest absolute Gasteiger partial charge is 0.394 e. The fraction of sp³-hybridized carbons (Fsp3) is 0.556. The van der Waals surface area contributed by atoms with Crippen LogP contribution < -0.4 is 21.3 Å². The van der Waals surface area contributed by atoms with Gasteiger partial charge in [0, 0.05) is 27.2 Å². The van der Waals surface area contributed by atoms with Crippen LogP contribution >= 0.6 is 11.5 Å². The third kappa shape index (κ3) is 4.92. The van der Waals surface area contributed by atoms with Gasteiger partial charge < -0.3 is 31.3 Å². The Morgan fingerprint density at radius 1 is 1.48 bits per heavy atom. The molecule has 0 radical (unpaired) electrons. The highest BCUT2D eigenvalue weighted by Gasteiger charge is 2.33. The predicted octanol–water partition coefficient (Wildman–Crippen LogP) is 1.04. The number of amides is 2. The van der Waals surface area contributed by atoms with Gasteiger partial charge in [0.2, 0.25) is 0 Å². The molecule has 1 fully saturated rings. The molecule has 2 aromatic heterocycles. The summed E-state index contributed by atoms with van der Waals surface area (Å²) < 4.78 is 4.27. The number of hydrogen-bond acceptors (Lipinski definition) is 9. The van der Waals surface area contributed by atoms with Crippen LogP contribution in [-0.2, 0) is 6.54 Å². The molecule has 5 N–H and O–H groups in total. The van der Waals surface area contributed by atoms with Gasteiger partial charge in [-0.25, -0.2) is 9.78 Å². The van der Waals surface area contributed by atoms with Crippen LogP contribution in [0, 0.1) is 6.92 Å². The Kier molecular flexibility index (Phi) is 6.83. The number of nitrogens with two attached hydrogens (primary N) is 1. The Balaban J connectivity index is 1.85. The first-order valence-corrected chi connectivity index (χ1v) is 10.3. The SMILES string of the molecule is Cc1cc(Nc2nc(N3CCC[C@H](NC(=O)N(C)C)[C@@H]3CO)cnc2CN)sn1. The van der Waals surface area contributed by atoms with Gasteiger partial charge in [-0.15, -0.1) is 0 Å². The molecular weight excluding hydrogens is 392 g/mol. The van der Waals surface area contributed by atoms with E-state index in [9.17, 15) is 9.90 Å². The van der Waals surface area contributed by atoms with Crippen LogP contribution in [0.1, 0.15) is 24.2 Å². The quantitative estimate of drug-likeness (QED) is 0.545. The molecule has 3 rings (SSSR count). The number of urea groups is 1. The number of nitrogens with one attached hydrogen (secondary N) is 2. The molecule has 0 unspecified atom stereocenters. The number of carbonyl (C=O) groups is 1. The lowest BCUT2D eigenvalue weighted by molar-refractivity contribution is 0.187. The molecule has 0 aliphatic carbocycles. The molecule has 2 atom stereocenters. The topological polar surface area (TPSA) is 133 Å². The first kappa shape index (κ1) is 21.2. The zero-order valence-electron chi connectivity index (χ0n) is 16.9. The van der Waals surface area contributed by atoms with E-state index >= 15 is 0 Å². The van der Waals surface area contributed by atoms with Crippen LogP contribution in [0.15, 0.2) is 12.3 Å². The summed E-state index contributed by atoms with van der Waals surface area (Å²) in [6.45, 7) is 2.79. The van der Waals surface area contributed by atoms with Crippen molar-refractivity contribution in [3.05, 3.63) is 23.7 Å². The third-order valence-electron chi connectivity index (χ3n) is 4.87.